The maximum atomic E-state index is 4.42. The lowest BCUT2D eigenvalue weighted by atomic mass is 10.2. The molecular weight excluding hydrogens is 200 g/mol. The number of nitrogens with one attached hydrogen (secondary N) is 1. The molecule has 92 valence electrons. The molecule has 0 spiro atoms. The minimum absolute atomic E-state index is 0.479. The van der Waals surface area contributed by atoms with Crippen LogP contribution in [0.15, 0.2) is 12.4 Å². The lowest BCUT2D eigenvalue weighted by Crippen LogP contribution is -2.40. The molecule has 0 aliphatic rings. The molecule has 0 aliphatic carbocycles. The fraction of sp³-hybridized carbons (Fsp3) is 0.750. The van der Waals surface area contributed by atoms with Crippen molar-refractivity contribution in [3.63, 3.8) is 0 Å². The molecular formula is C12H24N4. The van der Waals surface area contributed by atoms with Gasteiger partial charge in [-0.25, -0.2) is 4.98 Å². The predicted molar refractivity (Wildman–Crippen MR) is 67.6 cm³/mol. The highest BCUT2D eigenvalue weighted by molar-refractivity contribution is 4.96. The second-order valence-corrected chi connectivity index (χ2v) is 4.35. The predicted octanol–water partition coefficient (Wildman–Crippen LogP) is 0.985. The van der Waals surface area contributed by atoms with Gasteiger partial charge in [-0.15, -0.1) is 0 Å². The van der Waals surface area contributed by atoms with Gasteiger partial charge in [0, 0.05) is 37.9 Å². The van der Waals surface area contributed by atoms with Crippen molar-refractivity contribution in [3.05, 3.63) is 18.2 Å². The van der Waals surface area contributed by atoms with Crippen LogP contribution in [0.4, 0.5) is 0 Å². The molecule has 0 fully saturated rings. The number of imidazole rings is 1. The Bertz CT molecular complexity index is 293. The first kappa shape index (κ1) is 13.2. The van der Waals surface area contributed by atoms with Gasteiger partial charge in [0.2, 0.25) is 0 Å². The molecule has 4 nitrogen and oxygen atoms in total. The minimum atomic E-state index is 0.479. The molecule has 0 amide bonds. The fourth-order valence-corrected chi connectivity index (χ4v) is 1.97. The second kappa shape index (κ2) is 6.66. The van der Waals surface area contributed by atoms with Crippen LogP contribution in [0.25, 0.3) is 0 Å². The van der Waals surface area contributed by atoms with E-state index in [0.29, 0.717) is 6.04 Å². The Hall–Kier alpha value is -0.870. The molecule has 1 heterocycles. The van der Waals surface area contributed by atoms with Gasteiger partial charge in [0.1, 0.15) is 5.82 Å². The lowest BCUT2D eigenvalue weighted by Gasteiger charge is -2.21. The molecule has 1 aromatic rings. The Kier molecular flexibility index (Phi) is 5.49. The normalized spacial score (nSPS) is 13.3. The minimum Gasteiger partial charge on any atom is -0.335 e. The van der Waals surface area contributed by atoms with Crippen LogP contribution < -0.4 is 5.32 Å². The van der Waals surface area contributed by atoms with Crippen molar-refractivity contribution in [1.82, 2.24) is 19.8 Å². The van der Waals surface area contributed by atoms with E-state index in [1.807, 2.05) is 12.4 Å². The van der Waals surface area contributed by atoms with Crippen molar-refractivity contribution < 1.29 is 0 Å². The van der Waals surface area contributed by atoms with Crippen molar-refractivity contribution in [2.24, 2.45) is 0 Å². The summed E-state index contributed by atoms with van der Waals surface area (Å²) < 4.78 is 2.21. The van der Waals surface area contributed by atoms with E-state index < -0.39 is 0 Å². The van der Waals surface area contributed by atoms with Crippen LogP contribution in [0.5, 0.6) is 0 Å². The summed E-state index contributed by atoms with van der Waals surface area (Å²) in [7, 11) is 4.22. The van der Waals surface area contributed by atoms with Crippen molar-refractivity contribution >= 4 is 0 Å². The van der Waals surface area contributed by atoms with Crippen molar-refractivity contribution in [2.45, 2.75) is 32.9 Å². The molecule has 0 aromatic carbocycles. The Labute approximate surface area is 98.7 Å². The molecule has 0 radical (unpaired) electrons. The Balaban J connectivity index is 2.59. The molecule has 4 heteroatoms. The molecule has 16 heavy (non-hydrogen) atoms. The average Bonchev–Trinajstić information content (AvgIpc) is 2.64. The number of likely N-dealkylation sites (N-methyl/N-ethyl adjacent to an activating group) is 2. The first-order valence-corrected chi connectivity index (χ1v) is 6.05. The van der Waals surface area contributed by atoms with Crippen LogP contribution in [0.2, 0.25) is 0 Å². The molecule has 1 unspecified atom stereocenters. The number of nitrogens with zero attached hydrogens (tertiary/aromatic N) is 3. The summed E-state index contributed by atoms with van der Waals surface area (Å²) in [6.45, 7) is 7.35. The SMILES string of the molecule is CCNC(Cc1nccn1CC)CN(C)C. The second-order valence-electron chi connectivity index (χ2n) is 4.35. The smallest absolute Gasteiger partial charge is 0.110 e. The first-order valence-electron chi connectivity index (χ1n) is 6.05. The maximum Gasteiger partial charge on any atom is 0.110 e. The van der Waals surface area contributed by atoms with E-state index in [2.05, 4.69) is 47.7 Å². The van der Waals surface area contributed by atoms with E-state index in [-0.39, 0.29) is 0 Å². The van der Waals surface area contributed by atoms with Gasteiger partial charge in [-0.05, 0) is 27.6 Å². The molecule has 1 rings (SSSR count). The van der Waals surface area contributed by atoms with Gasteiger partial charge < -0.3 is 14.8 Å². The zero-order valence-corrected chi connectivity index (χ0v) is 10.9. The quantitative estimate of drug-likeness (QED) is 0.749. The molecule has 0 saturated heterocycles. The Morgan fingerprint density at radius 3 is 2.75 bits per heavy atom. The fourth-order valence-electron chi connectivity index (χ4n) is 1.97. The average molecular weight is 224 g/mol. The number of rotatable bonds is 7. The number of aryl methyl sites for hydroxylation is 1. The summed E-state index contributed by atoms with van der Waals surface area (Å²) in [6, 6.07) is 0.479. The monoisotopic (exact) mass is 224 g/mol. The highest BCUT2D eigenvalue weighted by Gasteiger charge is 2.12. The van der Waals surface area contributed by atoms with E-state index in [0.717, 1.165) is 26.1 Å². The zero-order valence-electron chi connectivity index (χ0n) is 10.9. The van der Waals surface area contributed by atoms with E-state index >= 15 is 0 Å². The van der Waals surface area contributed by atoms with Gasteiger partial charge in [-0.2, -0.15) is 0 Å². The van der Waals surface area contributed by atoms with E-state index in [9.17, 15) is 0 Å². The van der Waals surface area contributed by atoms with Gasteiger partial charge in [-0.1, -0.05) is 6.92 Å². The highest BCUT2D eigenvalue weighted by Crippen LogP contribution is 2.03. The van der Waals surface area contributed by atoms with Gasteiger partial charge in [-0.3, -0.25) is 0 Å². The van der Waals surface area contributed by atoms with Gasteiger partial charge >= 0.3 is 0 Å². The summed E-state index contributed by atoms with van der Waals surface area (Å²) in [5, 5.41) is 3.51. The molecule has 1 atom stereocenters. The van der Waals surface area contributed by atoms with E-state index in [1.165, 1.54) is 5.82 Å². The van der Waals surface area contributed by atoms with Crippen molar-refractivity contribution in [3.8, 4) is 0 Å². The first-order chi connectivity index (χ1) is 7.67. The molecule has 1 aromatic heterocycles. The summed E-state index contributed by atoms with van der Waals surface area (Å²) in [5.74, 6) is 1.18. The summed E-state index contributed by atoms with van der Waals surface area (Å²) >= 11 is 0. The Morgan fingerprint density at radius 2 is 2.19 bits per heavy atom. The van der Waals surface area contributed by atoms with Crippen LogP contribution in [0, 0.1) is 0 Å². The number of hydrogen-bond donors (Lipinski definition) is 1. The summed E-state index contributed by atoms with van der Waals surface area (Å²) in [5.41, 5.74) is 0. The van der Waals surface area contributed by atoms with Gasteiger partial charge in [0.15, 0.2) is 0 Å². The highest BCUT2D eigenvalue weighted by atomic mass is 15.1. The number of aromatic nitrogens is 2. The topological polar surface area (TPSA) is 33.1 Å². The molecule has 0 aliphatic heterocycles. The standard InChI is InChI=1S/C12H24N4/c1-5-13-11(10-15(3)4)9-12-14-7-8-16(12)6-2/h7-8,11,13H,5-6,9-10H2,1-4H3. The largest absolute Gasteiger partial charge is 0.335 e. The van der Waals surface area contributed by atoms with Crippen LogP contribution in [-0.4, -0.2) is 47.7 Å². The third-order valence-electron chi connectivity index (χ3n) is 2.65. The third kappa shape index (κ3) is 3.94. The van der Waals surface area contributed by atoms with Crippen molar-refractivity contribution in [2.75, 3.05) is 27.2 Å². The Morgan fingerprint density at radius 1 is 1.44 bits per heavy atom. The third-order valence-corrected chi connectivity index (χ3v) is 2.65. The summed E-state index contributed by atoms with van der Waals surface area (Å²) in [4.78, 5) is 6.64. The van der Waals surface area contributed by atoms with Crippen LogP contribution in [0.3, 0.4) is 0 Å². The zero-order chi connectivity index (χ0) is 12.0. The van der Waals surface area contributed by atoms with E-state index in [4.69, 9.17) is 0 Å². The van der Waals surface area contributed by atoms with Crippen LogP contribution in [0.1, 0.15) is 19.7 Å². The lowest BCUT2D eigenvalue weighted by molar-refractivity contribution is 0.334. The maximum absolute atomic E-state index is 4.42. The van der Waals surface area contributed by atoms with Crippen LogP contribution >= 0.6 is 0 Å². The van der Waals surface area contributed by atoms with Crippen LogP contribution in [-0.2, 0) is 13.0 Å². The molecule has 1 N–H and O–H groups in total. The van der Waals surface area contributed by atoms with Gasteiger partial charge in [0.05, 0.1) is 0 Å². The van der Waals surface area contributed by atoms with E-state index in [1.54, 1.807) is 0 Å². The molecule has 0 bridgehead atoms. The number of hydrogen-bond acceptors (Lipinski definition) is 3. The van der Waals surface area contributed by atoms with Crippen molar-refractivity contribution in [1.29, 1.82) is 0 Å². The van der Waals surface area contributed by atoms with Gasteiger partial charge in [0.25, 0.3) is 0 Å². The summed E-state index contributed by atoms with van der Waals surface area (Å²) in [6.07, 6.45) is 4.93. The molecule has 0 saturated carbocycles.